The van der Waals surface area contributed by atoms with Gasteiger partial charge in [-0.15, -0.1) is 11.6 Å². The first kappa shape index (κ1) is 15.1. The number of rotatable bonds is 5. The van der Waals surface area contributed by atoms with Crippen LogP contribution in [0.5, 0.6) is 0 Å². The van der Waals surface area contributed by atoms with E-state index in [1.165, 1.54) is 0 Å². The maximum absolute atomic E-state index is 9.55. The molecule has 8 heteroatoms. The lowest BCUT2D eigenvalue weighted by atomic mass is 9.99. The molecule has 0 unspecified atom stereocenters. The van der Waals surface area contributed by atoms with Gasteiger partial charge in [0, 0.05) is 0 Å². The van der Waals surface area contributed by atoms with E-state index in [4.69, 9.17) is 31.3 Å². The van der Waals surface area contributed by atoms with Crippen LogP contribution in [0.1, 0.15) is 0 Å². The van der Waals surface area contributed by atoms with Crippen molar-refractivity contribution < 1.29 is 35.0 Å². The molecule has 1 rings (SSSR count). The van der Waals surface area contributed by atoms with Gasteiger partial charge in [0.1, 0.15) is 24.4 Å². The van der Waals surface area contributed by atoms with Gasteiger partial charge in [-0.25, -0.2) is 0 Å². The van der Waals surface area contributed by atoms with Crippen molar-refractivity contribution in [3.05, 3.63) is 0 Å². The molecule has 1 saturated heterocycles. The predicted molar refractivity (Wildman–Crippen MR) is 56.4 cm³/mol. The van der Waals surface area contributed by atoms with Gasteiger partial charge in [-0.05, 0) is 0 Å². The van der Waals surface area contributed by atoms with Crippen LogP contribution in [-0.2, 0) is 9.47 Å². The van der Waals surface area contributed by atoms with E-state index < -0.39 is 43.4 Å². The molecule has 0 aliphatic carbocycles. The van der Waals surface area contributed by atoms with Crippen molar-refractivity contribution in [3.63, 3.8) is 0 Å². The van der Waals surface area contributed by atoms with Crippen molar-refractivity contribution in [1.82, 2.24) is 0 Å². The quantitative estimate of drug-likeness (QED) is 0.348. The Morgan fingerprint density at radius 3 is 2.35 bits per heavy atom. The lowest BCUT2D eigenvalue weighted by Crippen LogP contribution is -2.59. The van der Waals surface area contributed by atoms with Crippen LogP contribution < -0.4 is 0 Å². The van der Waals surface area contributed by atoms with Crippen LogP contribution in [-0.4, -0.2) is 81.4 Å². The van der Waals surface area contributed by atoms with E-state index in [2.05, 4.69) is 0 Å². The summed E-state index contributed by atoms with van der Waals surface area (Å²) in [7, 11) is 0. The summed E-state index contributed by atoms with van der Waals surface area (Å²) < 4.78 is 10.0. The second-order valence-electron chi connectivity index (χ2n) is 3.84. The molecule has 0 aromatic heterocycles. The second-order valence-corrected chi connectivity index (χ2v) is 4.15. The van der Waals surface area contributed by atoms with E-state index in [1.54, 1.807) is 0 Å². The highest BCUT2D eigenvalue weighted by Gasteiger charge is 2.44. The molecule has 1 heterocycles. The summed E-state index contributed by atoms with van der Waals surface area (Å²) in [6.45, 7) is -0.713. The van der Waals surface area contributed by atoms with Crippen molar-refractivity contribution in [2.24, 2.45) is 0 Å². The van der Waals surface area contributed by atoms with E-state index in [1.807, 2.05) is 0 Å². The van der Waals surface area contributed by atoms with Crippen LogP contribution in [0.2, 0.25) is 0 Å². The molecule has 7 nitrogen and oxygen atoms in total. The highest BCUT2D eigenvalue weighted by atomic mass is 35.5. The fourth-order valence-corrected chi connectivity index (χ4v) is 1.54. The van der Waals surface area contributed by atoms with Crippen molar-refractivity contribution in [2.75, 3.05) is 19.1 Å². The van der Waals surface area contributed by atoms with E-state index >= 15 is 0 Å². The molecule has 17 heavy (non-hydrogen) atoms. The summed E-state index contributed by atoms with van der Waals surface area (Å²) >= 11 is 5.35. The molecule has 0 radical (unpaired) electrons. The predicted octanol–water partition coefficient (Wildman–Crippen LogP) is -2.60. The first-order chi connectivity index (χ1) is 8.01. The number of alkyl halides is 1. The van der Waals surface area contributed by atoms with Crippen molar-refractivity contribution in [3.8, 4) is 0 Å². The van der Waals surface area contributed by atoms with Crippen LogP contribution in [0.25, 0.3) is 0 Å². The lowest BCUT2D eigenvalue weighted by molar-refractivity contribution is -0.304. The Hall–Kier alpha value is 0.01000. The Kier molecular flexibility index (Phi) is 6.04. The van der Waals surface area contributed by atoms with Gasteiger partial charge in [0.25, 0.3) is 0 Å². The third kappa shape index (κ3) is 3.73. The van der Waals surface area contributed by atoms with Crippen LogP contribution in [0.4, 0.5) is 0 Å². The molecule has 0 aromatic rings. The van der Waals surface area contributed by atoms with Gasteiger partial charge in [0.05, 0.1) is 25.2 Å². The SMILES string of the molecule is OC[C@H]1O[C@H](OC[C@@H](O)CCl)[C@H](O)[C@@H](O)[C@@H]1O. The fourth-order valence-electron chi connectivity index (χ4n) is 1.46. The Balaban J connectivity index is 2.53. The molecule has 0 amide bonds. The minimum atomic E-state index is -1.49. The summed E-state index contributed by atoms with van der Waals surface area (Å²) in [5.41, 5.74) is 0. The number of hydrogen-bond acceptors (Lipinski definition) is 7. The normalized spacial score (nSPS) is 40.2. The van der Waals surface area contributed by atoms with Gasteiger partial charge < -0.3 is 35.0 Å². The number of ether oxygens (including phenoxy) is 2. The summed E-state index contributed by atoms with van der Waals surface area (Å²) in [5.74, 6) is -0.0442. The van der Waals surface area contributed by atoms with Crippen LogP contribution in [0.15, 0.2) is 0 Å². The van der Waals surface area contributed by atoms with Gasteiger partial charge in [-0.2, -0.15) is 0 Å². The van der Waals surface area contributed by atoms with Crippen LogP contribution >= 0.6 is 11.6 Å². The number of halogens is 1. The smallest absolute Gasteiger partial charge is 0.186 e. The minimum Gasteiger partial charge on any atom is -0.394 e. The van der Waals surface area contributed by atoms with Gasteiger partial charge in [-0.1, -0.05) is 0 Å². The Morgan fingerprint density at radius 1 is 1.18 bits per heavy atom. The zero-order valence-electron chi connectivity index (χ0n) is 9.02. The zero-order valence-corrected chi connectivity index (χ0v) is 9.77. The topological polar surface area (TPSA) is 120 Å². The van der Waals surface area contributed by atoms with Crippen molar-refractivity contribution in [1.29, 1.82) is 0 Å². The molecule has 102 valence electrons. The van der Waals surface area contributed by atoms with Crippen LogP contribution in [0, 0.1) is 0 Å². The first-order valence-corrected chi connectivity index (χ1v) is 5.70. The van der Waals surface area contributed by atoms with Gasteiger partial charge in [-0.3, -0.25) is 0 Å². The number of hydrogen-bond donors (Lipinski definition) is 5. The highest BCUT2D eigenvalue weighted by molar-refractivity contribution is 6.18. The highest BCUT2D eigenvalue weighted by Crippen LogP contribution is 2.21. The second kappa shape index (κ2) is 6.81. The Morgan fingerprint density at radius 2 is 1.82 bits per heavy atom. The maximum Gasteiger partial charge on any atom is 0.186 e. The summed E-state index contributed by atoms with van der Waals surface area (Å²) in [6, 6.07) is 0. The maximum atomic E-state index is 9.55. The largest absolute Gasteiger partial charge is 0.394 e. The van der Waals surface area contributed by atoms with Gasteiger partial charge in [0.15, 0.2) is 6.29 Å². The standard InChI is InChI=1S/C9H17ClO7/c10-1-4(12)3-16-9-8(15)7(14)6(13)5(2-11)17-9/h4-9,11-15H,1-3H2/t4-,5+,6+,7-,8+,9-/m0/s1. The average molecular weight is 273 g/mol. The Labute approximate surface area is 103 Å². The fraction of sp³-hybridized carbons (Fsp3) is 1.00. The molecule has 0 bridgehead atoms. The van der Waals surface area contributed by atoms with Crippen molar-refractivity contribution in [2.45, 2.75) is 36.8 Å². The zero-order chi connectivity index (χ0) is 13.0. The minimum absolute atomic E-state index is 0.0442. The summed E-state index contributed by atoms with van der Waals surface area (Å²) in [6.07, 6.45) is -7.55. The first-order valence-electron chi connectivity index (χ1n) is 5.17. The summed E-state index contributed by atoms with van der Waals surface area (Å²) in [5, 5.41) is 46.5. The van der Waals surface area contributed by atoms with Gasteiger partial charge in [0.2, 0.25) is 0 Å². The average Bonchev–Trinajstić information content (AvgIpc) is 2.34. The molecule has 5 N–H and O–H groups in total. The third-order valence-corrected chi connectivity index (χ3v) is 2.84. The molecular weight excluding hydrogens is 256 g/mol. The Bertz CT molecular complexity index is 227. The van der Waals surface area contributed by atoms with Crippen molar-refractivity contribution >= 4 is 11.6 Å². The number of aliphatic hydroxyl groups excluding tert-OH is 5. The molecule has 6 atom stereocenters. The van der Waals surface area contributed by atoms with Crippen LogP contribution in [0.3, 0.4) is 0 Å². The molecular formula is C9H17ClO7. The van der Waals surface area contributed by atoms with Gasteiger partial charge >= 0.3 is 0 Å². The lowest BCUT2D eigenvalue weighted by Gasteiger charge is -2.39. The molecule has 1 fully saturated rings. The monoisotopic (exact) mass is 272 g/mol. The molecule has 1 aliphatic rings. The van der Waals surface area contributed by atoms with E-state index in [9.17, 15) is 15.3 Å². The van der Waals surface area contributed by atoms with E-state index in [0.717, 1.165) is 0 Å². The molecule has 0 saturated carbocycles. The molecule has 0 aromatic carbocycles. The molecule has 0 spiro atoms. The summed E-state index contributed by atoms with van der Waals surface area (Å²) in [4.78, 5) is 0. The molecule has 1 aliphatic heterocycles. The van der Waals surface area contributed by atoms with E-state index in [-0.39, 0.29) is 12.5 Å². The number of aliphatic hydroxyl groups is 5. The van der Waals surface area contributed by atoms with E-state index in [0.29, 0.717) is 0 Å². The third-order valence-electron chi connectivity index (χ3n) is 2.48.